The van der Waals surface area contributed by atoms with E-state index in [0.29, 0.717) is 12.3 Å². The first-order chi connectivity index (χ1) is 7.09. The Labute approximate surface area is 103 Å². The van der Waals surface area contributed by atoms with Gasteiger partial charge in [0.2, 0.25) is 0 Å². The average molecular weight is 312 g/mol. The van der Waals surface area contributed by atoms with Crippen LogP contribution in [-0.2, 0) is 0 Å². The van der Waals surface area contributed by atoms with Crippen LogP contribution in [0.15, 0.2) is 15.9 Å². The molecule has 1 unspecified atom stereocenters. The van der Waals surface area contributed by atoms with Gasteiger partial charge in [-0.3, -0.25) is 9.11 Å². The van der Waals surface area contributed by atoms with Crippen molar-refractivity contribution in [3.8, 4) is 0 Å². The van der Waals surface area contributed by atoms with E-state index in [-0.39, 0.29) is 5.25 Å². The third-order valence-corrected chi connectivity index (χ3v) is 6.62. The second-order valence-corrected chi connectivity index (χ2v) is 8.50. The minimum Gasteiger partial charge on any atom is -0.315 e. The highest BCUT2D eigenvalue weighted by molar-refractivity contribution is 9.11. The Hall–Kier alpha value is 0.410. The van der Waals surface area contributed by atoms with Crippen molar-refractivity contribution >= 4 is 37.9 Å². The van der Waals surface area contributed by atoms with Gasteiger partial charge >= 0.3 is 0 Å². The van der Waals surface area contributed by atoms with Crippen LogP contribution >= 0.6 is 37.9 Å². The molecule has 1 aromatic rings. The van der Waals surface area contributed by atoms with Crippen LogP contribution in [0.5, 0.6) is 0 Å². The lowest BCUT2D eigenvalue weighted by molar-refractivity contribution is 0.473. The van der Waals surface area contributed by atoms with Gasteiger partial charge in [-0.15, -0.1) is 11.3 Å². The van der Waals surface area contributed by atoms with Crippen molar-refractivity contribution in [2.45, 2.75) is 11.7 Å². The van der Waals surface area contributed by atoms with Gasteiger partial charge in [0.15, 0.2) is 0 Å². The normalized spacial score (nSPS) is 28.3. The highest BCUT2D eigenvalue weighted by Gasteiger charge is 2.29. The van der Waals surface area contributed by atoms with Crippen LogP contribution in [0.4, 0.5) is 0 Å². The van der Waals surface area contributed by atoms with Gasteiger partial charge in [-0.25, -0.2) is 0 Å². The van der Waals surface area contributed by atoms with Gasteiger partial charge in [-0.1, -0.05) is 0 Å². The first-order valence-corrected chi connectivity index (χ1v) is 8.19. The topological polar surface area (TPSA) is 52.5 Å². The van der Waals surface area contributed by atoms with Crippen molar-refractivity contribution < 1.29 is 9.11 Å². The molecule has 0 aromatic carbocycles. The third-order valence-electron chi connectivity index (χ3n) is 2.53. The van der Waals surface area contributed by atoms with E-state index < -0.39 is 10.6 Å². The summed E-state index contributed by atoms with van der Waals surface area (Å²) in [5.74, 6) is 0.465. The summed E-state index contributed by atoms with van der Waals surface area (Å²) >= 11 is 5.00. The zero-order chi connectivity index (χ0) is 10.9. The second kappa shape index (κ2) is 4.73. The molecule has 2 rings (SSSR count). The first-order valence-electron chi connectivity index (χ1n) is 4.80. The highest BCUT2D eigenvalue weighted by atomic mass is 79.9. The van der Waals surface area contributed by atoms with Crippen LogP contribution in [0.3, 0.4) is 0 Å². The molecule has 2 heterocycles. The average Bonchev–Trinajstić information content (AvgIpc) is 2.49. The monoisotopic (exact) mass is 311 g/mol. The maximum absolute atomic E-state index is 10.1. The van der Waals surface area contributed by atoms with Gasteiger partial charge in [0.1, 0.15) is 0 Å². The zero-order valence-corrected chi connectivity index (χ0v) is 11.4. The molecular formula is C9H14BrNO2S2. The number of halogens is 1. The predicted molar refractivity (Wildman–Crippen MR) is 70.0 cm³/mol. The summed E-state index contributed by atoms with van der Waals surface area (Å²) in [6, 6.07) is 3.95. The highest BCUT2D eigenvalue weighted by Crippen LogP contribution is 2.57. The fraction of sp³-hybridized carbons (Fsp3) is 0.556. The lowest BCUT2D eigenvalue weighted by Gasteiger charge is -2.38. The van der Waals surface area contributed by atoms with E-state index in [2.05, 4.69) is 21.2 Å². The molecule has 1 aliphatic heterocycles. The van der Waals surface area contributed by atoms with Crippen molar-refractivity contribution in [1.82, 2.24) is 5.32 Å². The van der Waals surface area contributed by atoms with Crippen molar-refractivity contribution in [3.63, 3.8) is 0 Å². The number of thiophene rings is 1. The van der Waals surface area contributed by atoms with Crippen LogP contribution in [0, 0.1) is 0 Å². The largest absolute Gasteiger partial charge is 0.315 e. The molecule has 0 radical (unpaired) electrons. The van der Waals surface area contributed by atoms with E-state index in [9.17, 15) is 9.11 Å². The van der Waals surface area contributed by atoms with Crippen molar-refractivity contribution in [1.29, 1.82) is 0 Å². The molecule has 0 spiro atoms. The number of hydrogen-bond acceptors (Lipinski definition) is 4. The molecule has 0 aliphatic carbocycles. The molecule has 15 heavy (non-hydrogen) atoms. The van der Waals surface area contributed by atoms with Crippen LogP contribution in [0.2, 0.25) is 0 Å². The smallest absolute Gasteiger partial charge is 0.0839 e. The van der Waals surface area contributed by atoms with Crippen molar-refractivity contribution in [3.05, 3.63) is 20.8 Å². The lowest BCUT2D eigenvalue weighted by atomic mass is 10.2. The number of nitrogens with one attached hydrogen (secondary N) is 1. The van der Waals surface area contributed by atoms with Gasteiger partial charge < -0.3 is 5.32 Å². The summed E-state index contributed by atoms with van der Waals surface area (Å²) in [6.07, 6.45) is 0.801. The third kappa shape index (κ3) is 2.75. The van der Waals surface area contributed by atoms with Gasteiger partial charge in [0.05, 0.1) is 14.8 Å². The van der Waals surface area contributed by atoms with E-state index in [4.69, 9.17) is 0 Å². The molecule has 1 atom stereocenters. The number of rotatable bonds is 1. The molecule has 6 heteroatoms. The van der Waals surface area contributed by atoms with E-state index in [1.54, 1.807) is 11.3 Å². The predicted octanol–water partition coefficient (Wildman–Crippen LogP) is 3.30. The maximum atomic E-state index is 10.1. The molecule has 0 bridgehead atoms. The Balaban J connectivity index is 2.24. The summed E-state index contributed by atoms with van der Waals surface area (Å²) in [6.45, 7) is 1.56. The van der Waals surface area contributed by atoms with Gasteiger partial charge in [0.25, 0.3) is 0 Å². The summed E-state index contributed by atoms with van der Waals surface area (Å²) in [5.41, 5.74) is 0. The van der Waals surface area contributed by atoms with Gasteiger partial charge in [0, 0.05) is 11.4 Å². The van der Waals surface area contributed by atoms with E-state index in [1.165, 1.54) is 0 Å². The van der Waals surface area contributed by atoms with Crippen LogP contribution < -0.4 is 5.32 Å². The van der Waals surface area contributed by atoms with Crippen LogP contribution in [-0.4, -0.2) is 27.9 Å². The summed E-state index contributed by atoms with van der Waals surface area (Å²) in [4.78, 5) is 1.07. The van der Waals surface area contributed by atoms with E-state index in [0.717, 1.165) is 21.6 Å². The molecular weight excluding hydrogens is 298 g/mol. The Kier molecular flexibility index (Phi) is 3.75. The SMILES string of the molecule is OS1(O)CCNCCC1c1ccc(Br)s1. The van der Waals surface area contributed by atoms with Crippen LogP contribution in [0.25, 0.3) is 0 Å². The molecule has 1 aliphatic rings. The molecule has 3 nitrogen and oxygen atoms in total. The van der Waals surface area contributed by atoms with E-state index >= 15 is 0 Å². The molecule has 1 aromatic heterocycles. The lowest BCUT2D eigenvalue weighted by Crippen LogP contribution is -2.17. The molecule has 0 amide bonds. The van der Waals surface area contributed by atoms with Gasteiger partial charge in [-0.2, -0.15) is 10.6 Å². The Bertz CT molecular complexity index is 343. The summed E-state index contributed by atoms with van der Waals surface area (Å²) < 4.78 is 21.2. The minimum atomic E-state index is -2.47. The molecule has 0 saturated carbocycles. The standard InChI is InChI=1S/C9H14BrNO2S2/c10-9-2-1-7(14-9)8-3-4-11-5-6-15(8,12)13/h1-2,8,11-13H,3-6H2. The second-order valence-electron chi connectivity index (χ2n) is 3.59. The van der Waals surface area contributed by atoms with E-state index in [1.807, 2.05) is 12.1 Å². The fourth-order valence-corrected chi connectivity index (χ4v) is 5.46. The fourth-order valence-electron chi connectivity index (χ4n) is 1.74. The summed E-state index contributed by atoms with van der Waals surface area (Å²) in [7, 11) is -2.47. The van der Waals surface area contributed by atoms with Crippen LogP contribution in [0.1, 0.15) is 16.5 Å². The zero-order valence-electron chi connectivity index (χ0n) is 8.15. The molecule has 1 fully saturated rings. The Morgan fingerprint density at radius 2 is 2.20 bits per heavy atom. The molecule has 86 valence electrons. The Morgan fingerprint density at radius 3 is 2.87 bits per heavy atom. The number of hydrogen-bond donors (Lipinski definition) is 3. The van der Waals surface area contributed by atoms with Crippen molar-refractivity contribution in [2.75, 3.05) is 18.8 Å². The molecule has 1 saturated heterocycles. The quantitative estimate of drug-likeness (QED) is 0.746. The maximum Gasteiger partial charge on any atom is 0.0839 e. The van der Waals surface area contributed by atoms with Crippen molar-refractivity contribution in [2.24, 2.45) is 0 Å². The molecule has 3 N–H and O–H groups in total. The minimum absolute atomic E-state index is 0.0937. The summed E-state index contributed by atoms with van der Waals surface area (Å²) in [5, 5.41) is 3.11. The van der Waals surface area contributed by atoms with Gasteiger partial charge in [-0.05, 0) is 41.0 Å². The Morgan fingerprint density at radius 1 is 1.40 bits per heavy atom. The first kappa shape index (κ1) is 11.9.